The molecule has 0 fully saturated rings. The van der Waals surface area contributed by atoms with E-state index < -0.39 is 0 Å². The first-order valence-corrected chi connectivity index (χ1v) is 26.0. The molecule has 2 heteroatoms. The second-order valence-electron chi connectivity index (χ2n) is 20.2. The Morgan fingerprint density at radius 1 is 0.580 bits per heavy atom. The molecule has 0 saturated heterocycles. The molecule has 0 bridgehead atoms. The second-order valence-corrected chi connectivity index (χ2v) is 21.2. The summed E-state index contributed by atoms with van der Waals surface area (Å²) in [7, 11) is 0. The van der Waals surface area contributed by atoms with Gasteiger partial charge in [0.2, 0.25) is 0 Å². The van der Waals surface area contributed by atoms with Gasteiger partial charge < -0.3 is 4.90 Å². The molecule has 4 aliphatic carbocycles. The SMILES string of the molecule is CC(c1cccc(-c2ccc3sc4ccccc4c3c2)c1)C1Cc2ccc(C3=CC4=C(CC3)C(CCc3cccc(N5c6ccccc6C6C=CC=CC65)c3)c3ccccc34)cc2-c2ccccc21. The van der Waals surface area contributed by atoms with E-state index in [1.54, 1.807) is 5.57 Å². The summed E-state index contributed by atoms with van der Waals surface area (Å²) in [6, 6.07) is 69.8. The van der Waals surface area contributed by atoms with Gasteiger partial charge in [0.1, 0.15) is 0 Å². The Hall–Kier alpha value is -7.26. The molecule has 1 aliphatic heterocycles. The fourth-order valence-electron chi connectivity index (χ4n) is 13.1. The van der Waals surface area contributed by atoms with Crippen molar-refractivity contribution < 1.29 is 0 Å². The summed E-state index contributed by atoms with van der Waals surface area (Å²) < 4.78 is 2.71. The van der Waals surface area contributed by atoms with Crippen LogP contribution in [0.5, 0.6) is 0 Å². The van der Waals surface area contributed by atoms with Crippen LogP contribution < -0.4 is 4.90 Å². The summed E-state index contributed by atoms with van der Waals surface area (Å²) >= 11 is 1.89. The monoisotopic (exact) mass is 903 g/mol. The minimum absolute atomic E-state index is 0.320. The standard InChI is InChI=1S/C67H53NS/c1-42(44-15-13-16-45(37-44)48-32-35-67-63(40-48)59-24-8-11-27-66(59)69-67)60-41-49-30-29-46(38-61(49)53-20-4-3-19-52(53)60)47-31-34-56-55(51-18-2-5-21-54(51)62(56)39-47)33-28-43-14-12-17-50(36-43)68-64-25-9-6-22-57(64)58-23-7-10-26-65(58)68/h2-27,29-30,32,35-40,42,55,57,60,64H,28,31,33-34,41H2,1H3. The van der Waals surface area contributed by atoms with Gasteiger partial charge in [-0.25, -0.2) is 0 Å². The predicted octanol–water partition coefficient (Wildman–Crippen LogP) is 17.9. The molecule has 1 nitrogen and oxygen atoms in total. The molecule has 5 aliphatic rings. The van der Waals surface area contributed by atoms with Gasteiger partial charge in [0, 0.05) is 43.4 Å². The summed E-state index contributed by atoms with van der Waals surface area (Å²) in [4.78, 5) is 2.56. The lowest BCUT2D eigenvalue weighted by Gasteiger charge is -2.33. The molecule has 14 rings (SSSR count). The van der Waals surface area contributed by atoms with Gasteiger partial charge in [-0.15, -0.1) is 11.3 Å². The second kappa shape index (κ2) is 16.5. The van der Waals surface area contributed by atoms with E-state index in [0.717, 1.165) is 32.1 Å². The van der Waals surface area contributed by atoms with Gasteiger partial charge in [-0.05, 0) is 164 Å². The zero-order valence-corrected chi connectivity index (χ0v) is 39.8. The number of aryl methyl sites for hydroxylation is 1. The highest BCUT2D eigenvalue weighted by Gasteiger charge is 2.38. The first-order chi connectivity index (χ1) is 34.1. The van der Waals surface area contributed by atoms with Crippen LogP contribution in [0.4, 0.5) is 11.4 Å². The molecule has 5 atom stereocenters. The number of thiophene rings is 1. The highest BCUT2D eigenvalue weighted by atomic mass is 32.1. The van der Waals surface area contributed by atoms with Crippen LogP contribution in [0.1, 0.15) is 94.4 Å². The first kappa shape index (κ1) is 40.8. The van der Waals surface area contributed by atoms with Crippen molar-refractivity contribution in [3.05, 3.63) is 262 Å². The Morgan fingerprint density at radius 3 is 2.29 bits per heavy atom. The van der Waals surface area contributed by atoms with Crippen LogP contribution in [-0.2, 0) is 12.8 Å². The molecule has 2 heterocycles. The Morgan fingerprint density at radius 2 is 1.35 bits per heavy atom. The van der Waals surface area contributed by atoms with Crippen LogP contribution in [0.3, 0.4) is 0 Å². The molecule has 5 unspecified atom stereocenters. The minimum atomic E-state index is 0.320. The van der Waals surface area contributed by atoms with Gasteiger partial charge in [-0.2, -0.15) is 0 Å². The van der Waals surface area contributed by atoms with Crippen LogP contribution in [0, 0.1) is 0 Å². The number of rotatable bonds is 8. The molecule has 9 aromatic rings. The Kier molecular flexibility index (Phi) is 9.73. The maximum Gasteiger partial charge on any atom is 0.0629 e. The van der Waals surface area contributed by atoms with Crippen LogP contribution in [-0.4, -0.2) is 6.04 Å². The smallest absolute Gasteiger partial charge is 0.0629 e. The van der Waals surface area contributed by atoms with Gasteiger partial charge in [-0.1, -0.05) is 182 Å². The van der Waals surface area contributed by atoms with Gasteiger partial charge in [0.25, 0.3) is 0 Å². The number of benzene rings is 8. The first-order valence-electron chi connectivity index (χ1n) is 25.2. The minimum Gasteiger partial charge on any atom is -0.333 e. The number of para-hydroxylation sites is 1. The van der Waals surface area contributed by atoms with E-state index in [1.165, 1.54) is 109 Å². The van der Waals surface area contributed by atoms with E-state index in [1.807, 2.05) is 11.3 Å². The molecule has 0 amide bonds. The average Bonchev–Trinajstić information content (AvgIpc) is 4.07. The van der Waals surface area contributed by atoms with E-state index in [2.05, 4.69) is 224 Å². The molecular formula is C67H53NS. The van der Waals surface area contributed by atoms with Crippen molar-refractivity contribution in [3.8, 4) is 22.3 Å². The van der Waals surface area contributed by atoms with Crippen LogP contribution in [0.15, 0.2) is 218 Å². The lowest BCUT2D eigenvalue weighted by atomic mass is 9.71. The van der Waals surface area contributed by atoms with Crippen molar-refractivity contribution in [2.75, 3.05) is 4.90 Å². The van der Waals surface area contributed by atoms with E-state index in [-0.39, 0.29) is 0 Å². The molecule has 0 spiro atoms. The fraction of sp³-hybridized carbons (Fsp3) is 0.164. The largest absolute Gasteiger partial charge is 0.333 e. The van der Waals surface area contributed by atoms with E-state index in [9.17, 15) is 0 Å². The van der Waals surface area contributed by atoms with Gasteiger partial charge in [0.15, 0.2) is 0 Å². The quantitative estimate of drug-likeness (QED) is 0.147. The van der Waals surface area contributed by atoms with Gasteiger partial charge >= 0.3 is 0 Å². The maximum atomic E-state index is 2.57. The maximum absolute atomic E-state index is 2.57. The highest BCUT2D eigenvalue weighted by Crippen LogP contribution is 2.53. The third-order valence-electron chi connectivity index (χ3n) is 16.5. The highest BCUT2D eigenvalue weighted by molar-refractivity contribution is 7.25. The van der Waals surface area contributed by atoms with Crippen LogP contribution in [0.25, 0.3) is 53.6 Å². The van der Waals surface area contributed by atoms with E-state index in [0.29, 0.717) is 29.7 Å². The topological polar surface area (TPSA) is 3.24 Å². The third kappa shape index (κ3) is 6.79. The average molecular weight is 904 g/mol. The zero-order chi connectivity index (χ0) is 45.6. The van der Waals surface area contributed by atoms with E-state index in [4.69, 9.17) is 0 Å². The molecule has 332 valence electrons. The molecule has 69 heavy (non-hydrogen) atoms. The summed E-state index contributed by atoms with van der Waals surface area (Å²) in [6.45, 7) is 2.45. The number of hydrogen-bond acceptors (Lipinski definition) is 2. The lowest BCUT2D eigenvalue weighted by Crippen LogP contribution is -2.28. The summed E-state index contributed by atoms with van der Waals surface area (Å²) in [5.74, 6) is 1.59. The summed E-state index contributed by atoms with van der Waals surface area (Å²) in [5, 5.41) is 2.71. The predicted molar refractivity (Wildman–Crippen MR) is 293 cm³/mol. The molecule has 0 saturated carbocycles. The molecule has 0 radical (unpaired) electrons. The summed E-state index contributed by atoms with van der Waals surface area (Å²) in [5.41, 5.74) is 24.1. The molecular weight excluding hydrogens is 851 g/mol. The van der Waals surface area contributed by atoms with Crippen molar-refractivity contribution in [2.45, 2.75) is 68.7 Å². The van der Waals surface area contributed by atoms with Crippen molar-refractivity contribution in [1.82, 2.24) is 0 Å². The molecule has 0 N–H and O–H groups in total. The zero-order valence-electron chi connectivity index (χ0n) is 39.0. The normalized spacial score (nSPS) is 20.0. The Labute approximate surface area is 410 Å². The third-order valence-corrected chi connectivity index (χ3v) is 17.7. The van der Waals surface area contributed by atoms with Crippen molar-refractivity contribution in [2.24, 2.45) is 0 Å². The molecule has 8 aromatic carbocycles. The lowest BCUT2D eigenvalue weighted by molar-refractivity contribution is 0.568. The fourth-order valence-corrected chi connectivity index (χ4v) is 14.2. The van der Waals surface area contributed by atoms with Gasteiger partial charge in [0.05, 0.1) is 6.04 Å². The van der Waals surface area contributed by atoms with Crippen LogP contribution in [0.2, 0.25) is 0 Å². The number of allylic oxidation sites excluding steroid dienone is 6. The van der Waals surface area contributed by atoms with Crippen molar-refractivity contribution >= 4 is 54.0 Å². The number of fused-ring (bicyclic) bond motifs is 11. The van der Waals surface area contributed by atoms with Crippen molar-refractivity contribution in [3.63, 3.8) is 0 Å². The van der Waals surface area contributed by atoms with E-state index >= 15 is 0 Å². The van der Waals surface area contributed by atoms with Crippen LogP contribution >= 0.6 is 11.3 Å². The summed E-state index contributed by atoms with van der Waals surface area (Å²) in [6.07, 6.45) is 17.1. The molecule has 1 aromatic heterocycles. The number of anilines is 2. The Bertz CT molecular complexity index is 3670. The van der Waals surface area contributed by atoms with Crippen molar-refractivity contribution in [1.29, 1.82) is 0 Å². The number of nitrogens with zero attached hydrogens (tertiary/aromatic N) is 1. The number of hydrogen-bond donors (Lipinski definition) is 0. The van der Waals surface area contributed by atoms with Gasteiger partial charge in [-0.3, -0.25) is 0 Å². The Balaban J connectivity index is 0.730.